The average molecular weight is 274 g/mol. The Bertz CT molecular complexity index is 586. The van der Waals surface area contributed by atoms with Crippen LogP contribution < -0.4 is 10.1 Å². The molecule has 0 saturated heterocycles. The minimum absolute atomic E-state index is 0.139. The second-order valence-electron chi connectivity index (χ2n) is 4.56. The lowest BCUT2D eigenvalue weighted by atomic mass is 9.96. The maximum Gasteiger partial charge on any atom is 0.124 e. The second-order valence-corrected chi connectivity index (χ2v) is 4.56. The topological polar surface area (TPSA) is 34.1 Å². The van der Waals surface area contributed by atoms with Crippen LogP contribution >= 0.6 is 0 Å². The zero-order valence-corrected chi connectivity index (χ0v) is 12.0. The lowest BCUT2D eigenvalue weighted by Gasteiger charge is -2.22. The van der Waals surface area contributed by atoms with E-state index in [1.54, 1.807) is 19.4 Å². The van der Waals surface area contributed by atoms with E-state index in [-0.39, 0.29) is 11.9 Å². The van der Waals surface area contributed by atoms with Crippen LogP contribution in [0.2, 0.25) is 0 Å². The number of nitrogens with zero attached hydrogens (tertiary/aromatic N) is 1. The number of hydrogen-bond donors (Lipinski definition) is 1. The number of rotatable bonds is 5. The van der Waals surface area contributed by atoms with Gasteiger partial charge < -0.3 is 10.1 Å². The number of halogens is 1. The van der Waals surface area contributed by atoms with Gasteiger partial charge in [0.15, 0.2) is 0 Å². The van der Waals surface area contributed by atoms with Crippen LogP contribution in [0.15, 0.2) is 36.5 Å². The smallest absolute Gasteiger partial charge is 0.124 e. The van der Waals surface area contributed by atoms with E-state index in [9.17, 15) is 4.39 Å². The monoisotopic (exact) mass is 274 g/mol. The molecule has 2 rings (SSSR count). The third-order valence-corrected chi connectivity index (χ3v) is 3.27. The largest absolute Gasteiger partial charge is 0.496 e. The van der Waals surface area contributed by atoms with Crippen LogP contribution in [0.25, 0.3) is 0 Å². The molecule has 1 aromatic carbocycles. The second kappa shape index (κ2) is 6.48. The van der Waals surface area contributed by atoms with Gasteiger partial charge >= 0.3 is 0 Å². The Hall–Kier alpha value is -1.94. The Kier molecular flexibility index (Phi) is 4.69. The molecule has 1 aromatic heterocycles. The SMILES string of the molecule is CCNC(c1cc(F)ccc1OC)c1cccnc1C. The fourth-order valence-electron chi connectivity index (χ4n) is 2.32. The Balaban J connectivity index is 2.54. The van der Waals surface area contributed by atoms with Gasteiger partial charge in [0.2, 0.25) is 0 Å². The van der Waals surface area contributed by atoms with Crippen LogP contribution in [0, 0.1) is 12.7 Å². The summed E-state index contributed by atoms with van der Waals surface area (Å²) in [6, 6.07) is 8.32. The quantitative estimate of drug-likeness (QED) is 0.909. The van der Waals surface area contributed by atoms with Crippen molar-refractivity contribution in [3.05, 3.63) is 59.2 Å². The molecule has 0 amide bonds. The highest BCUT2D eigenvalue weighted by Crippen LogP contribution is 2.31. The average Bonchev–Trinajstić information content (AvgIpc) is 2.46. The molecule has 0 fully saturated rings. The molecule has 2 aromatic rings. The van der Waals surface area contributed by atoms with Crippen LogP contribution in [-0.2, 0) is 0 Å². The lowest BCUT2D eigenvalue weighted by molar-refractivity contribution is 0.402. The van der Waals surface area contributed by atoms with E-state index in [0.717, 1.165) is 23.4 Å². The van der Waals surface area contributed by atoms with E-state index in [1.165, 1.54) is 12.1 Å². The maximum atomic E-state index is 13.6. The van der Waals surface area contributed by atoms with Crippen LogP contribution in [-0.4, -0.2) is 18.6 Å². The third kappa shape index (κ3) is 2.96. The van der Waals surface area contributed by atoms with E-state index >= 15 is 0 Å². The molecule has 0 aliphatic heterocycles. The molecule has 0 aliphatic carbocycles. The van der Waals surface area contributed by atoms with E-state index in [2.05, 4.69) is 10.3 Å². The zero-order chi connectivity index (χ0) is 14.5. The molecule has 0 bridgehead atoms. The third-order valence-electron chi connectivity index (χ3n) is 3.27. The van der Waals surface area contributed by atoms with Gasteiger partial charge in [-0.1, -0.05) is 13.0 Å². The van der Waals surface area contributed by atoms with Crippen LogP contribution in [0.5, 0.6) is 5.75 Å². The van der Waals surface area contributed by atoms with E-state index in [1.807, 2.05) is 26.0 Å². The van der Waals surface area contributed by atoms with Crippen molar-refractivity contribution in [2.75, 3.05) is 13.7 Å². The molecule has 1 unspecified atom stereocenters. The molecule has 1 heterocycles. The maximum absolute atomic E-state index is 13.6. The molecule has 0 radical (unpaired) electrons. The Labute approximate surface area is 118 Å². The first-order chi connectivity index (χ1) is 9.67. The van der Waals surface area contributed by atoms with Gasteiger partial charge in [0.05, 0.1) is 13.2 Å². The fraction of sp³-hybridized carbons (Fsp3) is 0.312. The summed E-state index contributed by atoms with van der Waals surface area (Å²) < 4.78 is 19.0. The summed E-state index contributed by atoms with van der Waals surface area (Å²) in [7, 11) is 1.59. The number of hydrogen-bond acceptors (Lipinski definition) is 3. The first-order valence-electron chi connectivity index (χ1n) is 6.65. The molecule has 4 heteroatoms. The molecule has 1 N–H and O–H groups in total. The highest BCUT2D eigenvalue weighted by atomic mass is 19.1. The molecule has 0 aliphatic rings. The molecule has 1 atom stereocenters. The van der Waals surface area contributed by atoms with Gasteiger partial charge in [0, 0.05) is 17.5 Å². The zero-order valence-electron chi connectivity index (χ0n) is 12.0. The number of methoxy groups -OCH3 is 1. The summed E-state index contributed by atoms with van der Waals surface area (Å²) in [5.74, 6) is 0.394. The molecular weight excluding hydrogens is 255 g/mol. The minimum atomic E-state index is -0.273. The number of nitrogens with one attached hydrogen (secondary N) is 1. The predicted molar refractivity (Wildman–Crippen MR) is 77.4 cm³/mol. The van der Waals surface area contributed by atoms with Crippen molar-refractivity contribution in [2.24, 2.45) is 0 Å². The summed E-state index contributed by atoms with van der Waals surface area (Å²) >= 11 is 0. The van der Waals surface area contributed by atoms with E-state index in [4.69, 9.17) is 4.74 Å². The fourth-order valence-corrected chi connectivity index (χ4v) is 2.32. The number of pyridine rings is 1. The number of aromatic nitrogens is 1. The van der Waals surface area contributed by atoms with Gasteiger partial charge in [-0.2, -0.15) is 0 Å². The van der Waals surface area contributed by atoms with Gasteiger partial charge in [-0.05, 0) is 43.3 Å². The number of aryl methyl sites for hydroxylation is 1. The Morgan fingerprint density at radius 3 is 2.75 bits per heavy atom. The standard InChI is InChI=1S/C16H19FN2O/c1-4-18-16(13-6-5-9-19-11(13)2)14-10-12(17)7-8-15(14)20-3/h5-10,16,18H,4H2,1-3H3. The van der Waals surface area contributed by atoms with Gasteiger partial charge in [-0.3, -0.25) is 4.98 Å². The van der Waals surface area contributed by atoms with Crippen molar-refractivity contribution in [3.63, 3.8) is 0 Å². The van der Waals surface area contributed by atoms with Crippen molar-refractivity contribution in [2.45, 2.75) is 19.9 Å². The molecule has 0 spiro atoms. The van der Waals surface area contributed by atoms with Crippen LogP contribution in [0.1, 0.15) is 29.8 Å². The van der Waals surface area contributed by atoms with Crippen molar-refractivity contribution < 1.29 is 9.13 Å². The highest BCUT2D eigenvalue weighted by Gasteiger charge is 2.20. The predicted octanol–water partition coefficient (Wildman–Crippen LogP) is 3.24. The molecule has 3 nitrogen and oxygen atoms in total. The lowest BCUT2D eigenvalue weighted by Crippen LogP contribution is -2.23. The van der Waals surface area contributed by atoms with Gasteiger partial charge in [-0.25, -0.2) is 4.39 Å². The summed E-state index contributed by atoms with van der Waals surface area (Å²) in [4.78, 5) is 4.31. The summed E-state index contributed by atoms with van der Waals surface area (Å²) in [5, 5.41) is 3.37. The molecule has 20 heavy (non-hydrogen) atoms. The number of benzene rings is 1. The summed E-state index contributed by atoms with van der Waals surface area (Å²) in [5.41, 5.74) is 2.73. The van der Waals surface area contributed by atoms with Gasteiger partial charge in [-0.15, -0.1) is 0 Å². The van der Waals surface area contributed by atoms with Crippen molar-refractivity contribution in [1.82, 2.24) is 10.3 Å². The van der Waals surface area contributed by atoms with E-state index in [0.29, 0.717) is 5.75 Å². The molecular formula is C16H19FN2O. The minimum Gasteiger partial charge on any atom is -0.496 e. The molecule has 106 valence electrons. The highest BCUT2D eigenvalue weighted by molar-refractivity contribution is 5.43. The summed E-state index contributed by atoms with van der Waals surface area (Å²) in [6.45, 7) is 4.73. The summed E-state index contributed by atoms with van der Waals surface area (Å²) in [6.07, 6.45) is 1.75. The number of ether oxygens (including phenoxy) is 1. The van der Waals surface area contributed by atoms with Gasteiger partial charge in [0.25, 0.3) is 0 Å². The van der Waals surface area contributed by atoms with Crippen molar-refractivity contribution >= 4 is 0 Å². The Morgan fingerprint density at radius 1 is 1.30 bits per heavy atom. The Morgan fingerprint density at radius 2 is 2.10 bits per heavy atom. The first kappa shape index (κ1) is 14.5. The molecule has 0 saturated carbocycles. The van der Waals surface area contributed by atoms with Crippen LogP contribution in [0.3, 0.4) is 0 Å². The normalized spacial score (nSPS) is 12.2. The van der Waals surface area contributed by atoms with Crippen molar-refractivity contribution in [3.8, 4) is 5.75 Å². The van der Waals surface area contributed by atoms with E-state index < -0.39 is 0 Å². The van der Waals surface area contributed by atoms with Crippen molar-refractivity contribution in [1.29, 1.82) is 0 Å². The van der Waals surface area contributed by atoms with Gasteiger partial charge in [0.1, 0.15) is 11.6 Å². The van der Waals surface area contributed by atoms with Crippen LogP contribution in [0.4, 0.5) is 4.39 Å². The first-order valence-corrected chi connectivity index (χ1v) is 6.65.